The van der Waals surface area contributed by atoms with Gasteiger partial charge in [0.1, 0.15) is 17.0 Å². The van der Waals surface area contributed by atoms with E-state index in [1.165, 1.54) is 23.6 Å². The number of carbonyl (C=O) groups excluding carboxylic acids is 1. The number of hydrogen-bond donors (Lipinski definition) is 0. The van der Waals surface area contributed by atoms with Crippen LogP contribution in [0, 0.1) is 5.82 Å². The topological polar surface area (TPSA) is 62.2 Å². The van der Waals surface area contributed by atoms with Gasteiger partial charge >= 0.3 is 0 Å². The van der Waals surface area contributed by atoms with Crippen molar-refractivity contribution in [1.29, 1.82) is 0 Å². The molecule has 0 N–H and O–H groups in total. The van der Waals surface area contributed by atoms with Crippen LogP contribution in [0.3, 0.4) is 0 Å². The van der Waals surface area contributed by atoms with Gasteiger partial charge in [-0.3, -0.25) is 14.7 Å². The van der Waals surface area contributed by atoms with Gasteiger partial charge in [0.15, 0.2) is 5.13 Å². The fourth-order valence-electron chi connectivity index (χ4n) is 3.05. The summed E-state index contributed by atoms with van der Waals surface area (Å²) >= 11 is 1.30. The van der Waals surface area contributed by atoms with E-state index in [0.29, 0.717) is 21.9 Å². The summed E-state index contributed by atoms with van der Waals surface area (Å²) in [5.41, 5.74) is 1.91. The highest BCUT2D eigenvalue weighted by Crippen LogP contribution is 2.31. The molecule has 0 aliphatic carbocycles. The van der Waals surface area contributed by atoms with Crippen molar-refractivity contribution in [2.75, 3.05) is 32.1 Å². The molecular formula is C21H20FN5OS. The van der Waals surface area contributed by atoms with Crippen LogP contribution in [0.2, 0.25) is 0 Å². The third-order valence-corrected chi connectivity index (χ3v) is 5.53. The number of nitrogens with zero attached hydrogens (tertiary/aromatic N) is 5. The maximum atomic E-state index is 14.1. The van der Waals surface area contributed by atoms with E-state index in [-0.39, 0.29) is 17.1 Å². The molecule has 0 spiro atoms. The zero-order chi connectivity index (χ0) is 20.4. The number of amides is 1. The molecule has 148 valence electrons. The first-order valence-electron chi connectivity index (χ1n) is 9.26. The zero-order valence-electron chi connectivity index (χ0n) is 16.2. The number of hydrogen-bond acceptors (Lipinski definition) is 6. The van der Waals surface area contributed by atoms with E-state index < -0.39 is 5.82 Å². The predicted molar refractivity (Wildman–Crippen MR) is 114 cm³/mol. The Bertz CT molecular complexity index is 1180. The van der Waals surface area contributed by atoms with Crippen LogP contribution in [0.4, 0.5) is 9.52 Å². The van der Waals surface area contributed by atoms with Crippen molar-refractivity contribution in [2.45, 2.75) is 6.42 Å². The molecule has 0 aliphatic rings. The summed E-state index contributed by atoms with van der Waals surface area (Å²) in [4.78, 5) is 30.2. The summed E-state index contributed by atoms with van der Waals surface area (Å²) in [7, 11) is 3.96. The highest BCUT2D eigenvalue weighted by molar-refractivity contribution is 7.22. The third kappa shape index (κ3) is 4.08. The van der Waals surface area contributed by atoms with E-state index in [0.717, 1.165) is 18.5 Å². The van der Waals surface area contributed by atoms with E-state index in [9.17, 15) is 9.18 Å². The maximum Gasteiger partial charge on any atom is 0.280 e. The van der Waals surface area contributed by atoms with Gasteiger partial charge in [-0.2, -0.15) is 0 Å². The zero-order valence-corrected chi connectivity index (χ0v) is 17.0. The SMILES string of the molecule is CN(C)CCCN(C(=O)c1cnc2ccccc2n1)c1nc2c(F)cccc2s1. The first kappa shape index (κ1) is 19.4. The van der Waals surface area contributed by atoms with Gasteiger partial charge < -0.3 is 4.90 Å². The van der Waals surface area contributed by atoms with E-state index >= 15 is 0 Å². The minimum atomic E-state index is -0.392. The van der Waals surface area contributed by atoms with Crippen LogP contribution in [0.1, 0.15) is 16.9 Å². The van der Waals surface area contributed by atoms with Crippen LogP contribution in [-0.2, 0) is 0 Å². The van der Waals surface area contributed by atoms with Gasteiger partial charge in [0.2, 0.25) is 0 Å². The Morgan fingerprint density at radius 2 is 1.83 bits per heavy atom. The highest BCUT2D eigenvalue weighted by atomic mass is 32.1. The first-order chi connectivity index (χ1) is 14.0. The lowest BCUT2D eigenvalue weighted by molar-refractivity contribution is 0.0981. The van der Waals surface area contributed by atoms with Gasteiger partial charge in [0, 0.05) is 6.54 Å². The summed E-state index contributed by atoms with van der Waals surface area (Å²) < 4.78 is 14.8. The molecule has 0 saturated heterocycles. The molecular weight excluding hydrogens is 389 g/mol. The van der Waals surface area contributed by atoms with Crippen LogP contribution in [-0.4, -0.2) is 52.9 Å². The number of fused-ring (bicyclic) bond motifs is 2. The molecule has 4 rings (SSSR count). The molecule has 2 aromatic heterocycles. The largest absolute Gasteiger partial charge is 0.309 e. The minimum Gasteiger partial charge on any atom is -0.309 e. The molecule has 1 amide bonds. The van der Waals surface area contributed by atoms with Gasteiger partial charge in [0.25, 0.3) is 5.91 Å². The lowest BCUT2D eigenvalue weighted by Gasteiger charge is -2.20. The molecule has 0 unspecified atom stereocenters. The van der Waals surface area contributed by atoms with E-state index in [2.05, 4.69) is 19.9 Å². The molecule has 4 aromatic rings. The lowest BCUT2D eigenvalue weighted by atomic mass is 10.2. The van der Waals surface area contributed by atoms with Crippen molar-refractivity contribution in [3.8, 4) is 0 Å². The molecule has 2 heterocycles. The van der Waals surface area contributed by atoms with E-state index in [4.69, 9.17) is 0 Å². The van der Waals surface area contributed by atoms with Crippen LogP contribution in [0.5, 0.6) is 0 Å². The van der Waals surface area contributed by atoms with Crippen molar-refractivity contribution in [2.24, 2.45) is 0 Å². The maximum absolute atomic E-state index is 14.1. The molecule has 0 fully saturated rings. The van der Waals surface area contributed by atoms with Crippen LogP contribution >= 0.6 is 11.3 Å². The number of rotatable bonds is 6. The Morgan fingerprint density at radius 3 is 2.59 bits per heavy atom. The molecule has 0 saturated carbocycles. The van der Waals surface area contributed by atoms with Crippen LogP contribution in [0.25, 0.3) is 21.3 Å². The van der Waals surface area contributed by atoms with Crippen molar-refractivity contribution >= 4 is 43.6 Å². The monoisotopic (exact) mass is 409 g/mol. The summed E-state index contributed by atoms with van der Waals surface area (Å²) in [6, 6.07) is 12.2. The van der Waals surface area contributed by atoms with Gasteiger partial charge in [0.05, 0.1) is 21.9 Å². The van der Waals surface area contributed by atoms with Gasteiger partial charge in [-0.05, 0) is 51.3 Å². The molecule has 8 heteroatoms. The van der Waals surface area contributed by atoms with Crippen molar-refractivity contribution < 1.29 is 9.18 Å². The number of halogens is 1. The van der Waals surface area contributed by atoms with E-state index in [1.807, 2.05) is 38.4 Å². The Kier molecular flexibility index (Phi) is 5.46. The number of benzene rings is 2. The Hall–Kier alpha value is -2.97. The van der Waals surface area contributed by atoms with Crippen LogP contribution < -0.4 is 4.90 Å². The molecule has 0 atom stereocenters. The quantitative estimate of drug-likeness (QED) is 0.482. The van der Waals surface area contributed by atoms with Gasteiger partial charge in [-0.1, -0.05) is 29.5 Å². The number of carbonyl (C=O) groups is 1. The summed E-state index contributed by atoms with van der Waals surface area (Å²) in [5.74, 6) is -0.683. The molecule has 29 heavy (non-hydrogen) atoms. The average molecular weight is 409 g/mol. The molecule has 6 nitrogen and oxygen atoms in total. The molecule has 0 aliphatic heterocycles. The van der Waals surface area contributed by atoms with Crippen molar-refractivity contribution in [1.82, 2.24) is 19.9 Å². The van der Waals surface area contributed by atoms with Crippen LogP contribution in [0.15, 0.2) is 48.7 Å². The number of aromatic nitrogens is 3. The highest BCUT2D eigenvalue weighted by Gasteiger charge is 2.23. The normalized spacial score (nSPS) is 11.4. The molecule has 0 bridgehead atoms. The number of thiazole rings is 1. The lowest BCUT2D eigenvalue weighted by Crippen LogP contribution is -2.34. The predicted octanol–water partition coefficient (Wildman–Crippen LogP) is 3.98. The fourth-order valence-corrected chi connectivity index (χ4v) is 4.05. The average Bonchev–Trinajstić information content (AvgIpc) is 3.15. The smallest absolute Gasteiger partial charge is 0.280 e. The first-order valence-corrected chi connectivity index (χ1v) is 10.1. The summed E-state index contributed by atoms with van der Waals surface area (Å²) in [6.07, 6.45) is 2.23. The van der Waals surface area contributed by atoms with Gasteiger partial charge in [-0.25, -0.2) is 14.4 Å². The number of anilines is 1. The summed E-state index contributed by atoms with van der Waals surface area (Å²) in [5, 5.41) is 0.462. The number of para-hydroxylation sites is 3. The standard InChI is InChI=1S/C21H20FN5OS/c1-26(2)11-6-12-27(21-25-19-14(22)7-5-10-18(19)29-21)20(28)17-13-23-15-8-3-4-9-16(15)24-17/h3-5,7-10,13H,6,11-12H2,1-2H3. The molecule has 2 aromatic carbocycles. The molecule has 0 radical (unpaired) electrons. The second-order valence-corrected chi connectivity index (χ2v) is 7.95. The third-order valence-electron chi connectivity index (χ3n) is 4.49. The summed E-state index contributed by atoms with van der Waals surface area (Å²) in [6.45, 7) is 1.26. The van der Waals surface area contributed by atoms with E-state index in [1.54, 1.807) is 17.0 Å². The second kappa shape index (κ2) is 8.18. The van der Waals surface area contributed by atoms with Crippen molar-refractivity contribution in [3.05, 3.63) is 60.2 Å². The minimum absolute atomic E-state index is 0.244. The Labute approximate surface area is 171 Å². The Morgan fingerprint density at radius 1 is 1.03 bits per heavy atom. The van der Waals surface area contributed by atoms with Crippen molar-refractivity contribution in [3.63, 3.8) is 0 Å². The van der Waals surface area contributed by atoms with Gasteiger partial charge in [-0.15, -0.1) is 0 Å². The Balaban J connectivity index is 1.71. The fraction of sp³-hybridized carbons (Fsp3) is 0.238. The second-order valence-electron chi connectivity index (χ2n) is 6.94.